The Bertz CT molecular complexity index is 440. The predicted molar refractivity (Wildman–Crippen MR) is 62.7 cm³/mol. The predicted octanol–water partition coefficient (Wildman–Crippen LogP) is 1.99. The van der Waals surface area contributed by atoms with Gasteiger partial charge in [0.1, 0.15) is 0 Å². The number of carboxylic acids is 1. The van der Waals surface area contributed by atoms with Crippen molar-refractivity contribution in [3.8, 4) is 0 Å². The van der Waals surface area contributed by atoms with E-state index in [-0.39, 0.29) is 11.8 Å². The van der Waals surface area contributed by atoms with E-state index >= 15 is 0 Å². The number of carbonyl (C=O) groups excluding carboxylic acids is 1. The van der Waals surface area contributed by atoms with Gasteiger partial charge in [0.25, 0.3) is 0 Å². The molecule has 0 heterocycles. The topological polar surface area (TPSA) is 66.4 Å². The molecule has 0 bridgehead atoms. The minimum Gasteiger partial charge on any atom is -0.479 e. The Morgan fingerprint density at radius 3 is 2.35 bits per heavy atom. The van der Waals surface area contributed by atoms with Crippen LogP contribution in [0.3, 0.4) is 0 Å². The van der Waals surface area contributed by atoms with Crippen LogP contribution in [0.25, 0.3) is 0 Å². The number of carbonyl (C=O) groups is 2. The first-order valence-electron chi connectivity index (χ1n) is 5.36. The van der Waals surface area contributed by atoms with Gasteiger partial charge in [-0.1, -0.05) is 23.7 Å². The highest BCUT2D eigenvalue weighted by molar-refractivity contribution is 6.30. The van der Waals surface area contributed by atoms with E-state index < -0.39 is 12.0 Å². The van der Waals surface area contributed by atoms with Crippen molar-refractivity contribution in [1.82, 2.24) is 5.32 Å². The van der Waals surface area contributed by atoms with Gasteiger partial charge >= 0.3 is 5.97 Å². The SMILES string of the molecule is O=C(NC(C(=O)O)c1ccc(Cl)cc1)C1CC1. The van der Waals surface area contributed by atoms with Crippen molar-refractivity contribution in [2.24, 2.45) is 5.92 Å². The Morgan fingerprint density at radius 1 is 1.29 bits per heavy atom. The summed E-state index contributed by atoms with van der Waals surface area (Å²) in [5.74, 6) is -1.27. The van der Waals surface area contributed by atoms with Crippen molar-refractivity contribution in [3.05, 3.63) is 34.9 Å². The lowest BCUT2D eigenvalue weighted by Gasteiger charge is -2.14. The van der Waals surface area contributed by atoms with E-state index in [1.165, 1.54) is 0 Å². The molecule has 4 nitrogen and oxygen atoms in total. The van der Waals surface area contributed by atoms with E-state index in [1.54, 1.807) is 24.3 Å². The van der Waals surface area contributed by atoms with Gasteiger partial charge in [0.15, 0.2) is 6.04 Å². The molecule has 1 aromatic carbocycles. The van der Waals surface area contributed by atoms with Gasteiger partial charge < -0.3 is 10.4 Å². The van der Waals surface area contributed by atoms with Crippen LogP contribution in [0.1, 0.15) is 24.4 Å². The summed E-state index contributed by atoms with van der Waals surface area (Å²) < 4.78 is 0. The molecule has 90 valence electrons. The molecule has 1 atom stereocenters. The quantitative estimate of drug-likeness (QED) is 0.862. The average molecular weight is 254 g/mol. The lowest BCUT2D eigenvalue weighted by molar-refractivity contribution is -0.142. The monoisotopic (exact) mass is 253 g/mol. The highest BCUT2D eigenvalue weighted by Crippen LogP contribution is 2.30. The highest BCUT2D eigenvalue weighted by Gasteiger charge is 2.33. The van der Waals surface area contributed by atoms with Crippen molar-refractivity contribution >= 4 is 23.5 Å². The third-order valence-electron chi connectivity index (χ3n) is 2.69. The fourth-order valence-electron chi connectivity index (χ4n) is 1.55. The zero-order valence-electron chi connectivity index (χ0n) is 9.02. The van der Waals surface area contributed by atoms with Crippen LogP contribution in [0.2, 0.25) is 5.02 Å². The lowest BCUT2D eigenvalue weighted by atomic mass is 10.1. The first-order valence-corrected chi connectivity index (χ1v) is 5.74. The zero-order chi connectivity index (χ0) is 12.4. The second-order valence-corrected chi connectivity index (χ2v) is 4.54. The van der Waals surface area contributed by atoms with Crippen LogP contribution in [-0.4, -0.2) is 17.0 Å². The van der Waals surface area contributed by atoms with Gasteiger partial charge in [0.2, 0.25) is 5.91 Å². The Kier molecular flexibility index (Phi) is 3.33. The van der Waals surface area contributed by atoms with E-state index in [0.717, 1.165) is 12.8 Å². The molecule has 0 aromatic heterocycles. The van der Waals surface area contributed by atoms with Crippen molar-refractivity contribution in [2.75, 3.05) is 0 Å². The van der Waals surface area contributed by atoms with Crippen LogP contribution < -0.4 is 5.32 Å². The number of carboxylic acid groups (broad SMARTS) is 1. The molecule has 1 unspecified atom stereocenters. The van der Waals surface area contributed by atoms with Crippen LogP contribution in [0.4, 0.5) is 0 Å². The molecule has 1 aromatic rings. The van der Waals surface area contributed by atoms with E-state index in [2.05, 4.69) is 5.32 Å². The lowest BCUT2D eigenvalue weighted by Crippen LogP contribution is -2.34. The van der Waals surface area contributed by atoms with E-state index in [4.69, 9.17) is 16.7 Å². The summed E-state index contributed by atoms with van der Waals surface area (Å²) in [6.45, 7) is 0. The number of hydrogen-bond donors (Lipinski definition) is 2. The maximum atomic E-state index is 11.6. The average Bonchev–Trinajstić information content (AvgIpc) is 3.10. The smallest absolute Gasteiger partial charge is 0.330 e. The Balaban J connectivity index is 2.13. The molecular formula is C12H12ClNO3. The third-order valence-corrected chi connectivity index (χ3v) is 2.94. The van der Waals surface area contributed by atoms with Crippen LogP contribution >= 0.6 is 11.6 Å². The maximum absolute atomic E-state index is 11.6. The first-order chi connectivity index (χ1) is 8.08. The number of rotatable bonds is 4. The Labute approximate surface area is 104 Å². The van der Waals surface area contributed by atoms with Gasteiger partial charge in [-0.3, -0.25) is 4.79 Å². The normalized spacial score (nSPS) is 16.3. The van der Waals surface area contributed by atoms with Crippen LogP contribution in [0.15, 0.2) is 24.3 Å². The summed E-state index contributed by atoms with van der Waals surface area (Å²) in [7, 11) is 0. The molecule has 5 heteroatoms. The maximum Gasteiger partial charge on any atom is 0.330 e. The van der Waals surface area contributed by atoms with E-state index in [9.17, 15) is 9.59 Å². The van der Waals surface area contributed by atoms with Crippen molar-refractivity contribution in [3.63, 3.8) is 0 Å². The van der Waals surface area contributed by atoms with Crippen LogP contribution in [0, 0.1) is 5.92 Å². The number of nitrogens with one attached hydrogen (secondary N) is 1. The fourth-order valence-corrected chi connectivity index (χ4v) is 1.67. The number of aliphatic carboxylic acids is 1. The number of halogens is 1. The largest absolute Gasteiger partial charge is 0.479 e. The zero-order valence-corrected chi connectivity index (χ0v) is 9.78. The molecule has 1 aliphatic rings. The molecule has 0 aliphatic heterocycles. The Morgan fingerprint density at radius 2 is 1.88 bits per heavy atom. The van der Waals surface area contributed by atoms with Crippen molar-refractivity contribution in [2.45, 2.75) is 18.9 Å². The van der Waals surface area contributed by atoms with Crippen LogP contribution in [0.5, 0.6) is 0 Å². The molecule has 2 N–H and O–H groups in total. The van der Waals surface area contributed by atoms with Gasteiger partial charge in [-0.15, -0.1) is 0 Å². The summed E-state index contributed by atoms with van der Waals surface area (Å²) in [4.78, 5) is 22.7. The number of benzene rings is 1. The van der Waals surface area contributed by atoms with Gasteiger partial charge in [0, 0.05) is 10.9 Å². The molecule has 0 spiro atoms. The Hall–Kier alpha value is -1.55. The van der Waals surface area contributed by atoms with Gasteiger partial charge in [0.05, 0.1) is 0 Å². The van der Waals surface area contributed by atoms with Gasteiger partial charge in [-0.05, 0) is 30.5 Å². The molecule has 0 saturated heterocycles. The first kappa shape index (κ1) is 11.9. The van der Waals surface area contributed by atoms with Gasteiger partial charge in [-0.25, -0.2) is 4.79 Å². The highest BCUT2D eigenvalue weighted by atomic mass is 35.5. The molecular weight excluding hydrogens is 242 g/mol. The molecule has 1 amide bonds. The van der Waals surface area contributed by atoms with Crippen molar-refractivity contribution < 1.29 is 14.7 Å². The second kappa shape index (κ2) is 4.75. The van der Waals surface area contributed by atoms with Crippen LogP contribution in [-0.2, 0) is 9.59 Å². The molecule has 0 radical (unpaired) electrons. The number of hydrogen-bond acceptors (Lipinski definition) is 2. The van der Waals surface area contributed by atoms with Crippen molar-refractivity contribution in [1.29, 1.82) is 0 Å². The fraction of sp³-hybridized carbons (Fsp3) is 0.333. The second-order valence-electron chi connectivity index (χ2n) is 4.11. The summed E-state index contributed by atoms with van der Waals surface area (Å²) >= 11 is 5.73. The summed E-state index contributed by atoms with van der Waals surface area (Å²) in [5.41, 5.74) is 0.524. The minimum atomic E-state index is -1.07. The summed E-state index contributed by atoms with van der Waals surface area (Å²) in [6, 6.07) is 5.43. The standard InChI is InChI=1S/C12H12ClNO3/c13-9-5-3-7(4-6-9)10(12(16)17)14-11(15)8-1-2-8/h3-6,8,10H,1-2H2,(H,14,15)(H,16,17). The third kappa shape index (κ3) is 2.97. The molecule has 1 saturated carbocycles. The molecule has 2 rings (SSSR count). The van der Waals surface area contributed by atoms with Gasteiger partial charge in [-0.2, -0.15) is 0 Å². The minimum absolute atomic E-state index is 0.0100. The number of amides is 1. The molecule has 1 aliphatic carbocycles. The summed E-state index contributed by atoms with van der Waals surface area (Å²) in [6.07, 6.45) is 1.69. The molecule has 17 heavy (non-hydrogen) atoms. The summed E-state index contributed by atoms with van der Waals surface area (Å²) in [5, 5.41) is 12.2. The molecule has 1 fully saturated rings. The van der Waals surface area contributed by atoms with E-state index in [1.807, 2.05) is 0 Å². The van der Waals surface area contributed by atoms with E-state index in [0.29, 0.717) is 10.6 Å².